The van der Waals surface area contributed by atoms with Gasteiger partial charge >= 0.3 is 0 Å². The maximum Gasteiger partial charge on any atom is 0.255 e. The number of anilines is 1. The molecule has 1 rings (SSSR count). The summed E-state index contributed by atoms with van der Waals surface area (Å²) in [4.78, 5) is 18.7. The first kappa shape index (κ1) is 16.5. The number of amides is 1. The van der Waals surface area contributed by atoms with Crippen molar-refractivity contribution in [1.29, 1.82) is 0 Å². The van der Waals surface area contributed by atoms with Gasteiger partial charge in [-0.2, -0.15) is 0 Å². The van der Waals surface area contributed by atoms with Gasteiger partial charge in [0.05, 0.1) is 5.56 Å². The van der Waals surface area contributed by atoms with Gasteiger partial charge in [0.2, 0.25) is 0 Å². The minimum Gasteiger partial charge on any atom is -0.370 e. The van der Waals surface area contributed by atoms with E-state index in [4.69, 9.17) is 0 Å². The molecule has 0 fully saturated rings. The van der Waals surface area contributed by atoms with Gasteiger partial charge in [-0.25, -0.2) is 4.98 Å². The smallest absolute Gasteiger partial charge is 0.255 e. The minimum absolute atomic E-state index is 0.0586. The van der Waals surface area contributed by atoms with Crippen LogP contribution in [0.15, 0.2) is 18.3 Å². The Bertz CT molecular complexity index is 412. The minimum atomic E-state index is 0.0586. The molecule has 0 aliphatic heterocycles. The maximum absolute atomic E-state index is 12.5. The van der Waals surface area contributed by atoms with Crippen LogP contribution in [0.3, 0.4) is 0 Å². The third-order valence-electron chi connectivity index (χ3n) is 3.01. The molecular formula is C16H27N3O. The number of pyridine rings is 1. The summed E-state index contributed by atoms with van der Waals surface area (Å²) < 4.78 is 0. The Labute approximate surface area is 122 Å². The van der Waals surface area contributed by atoms with Crippen molar-refractivity contribution in [2.24, 2.45) is 5.92 Å². The molecule has 112 valence electrons. The molecule has 0 bridgehead atoms. The molecule has 1 amide bonds. The number of carbonyl (C=O) groups is 1. The van der Waals surface area contributed by atoms with Gasteiger partial charge in [0.15, 0.2) is 0 Å². The first-order valence-corrected chi connectivity index (χ1v) is 7.46. The summed E-state index contributed by atoms with van der Waals surface area (Å²) in [5, 5.41) is 3.21. The van der Waals surface area contributed by atoms with Crippen molar-refractivity contribution in [3.05, 3.63) is 23.9 Å². The maximum atomic E-state index is 12.5. The van der Waals surface area contributed by atoms with E-state index in [1.54, 1.807) is 6.20 Å². The molecule has 1 aromatic rings. The van der Waals surface area contributed by atoms with Gasteiger partial charge in [0.25, 0.3) is 5.91 Å². The van der Waals surface area contributed by atoms with Crippen LogP contribution in [0.4, 0.5) is 5.82 Å². The molecule has 0 atom stereocenters. The van der Waals surface area contributed by atoms with E-state index in [0.29, 0.717) is 11.5 Å². The van der Waals surface area contributed by atoms with E-state index in [2.05, 4.69) is 31.1 Å². The van der Waals surface area contributed by atoms with Gasteiger partial charge in [0, 0.05) is 25.3 Å². The first-order chi connectivity index (χ1) is 9.45. The van der Waals surface area contributed by atoms with Crippen molar-refractivity contribution in [2.45, 2.75) is 47.1 Å². The van der Waals surface area contributed by atoms with Crippen LogP contribution in [-0.2, 0) is 0 Å². The Morgan fingerprint density at radius 1 is 1.30 bits per heavy atom. The zero-order valence-electron chi connectivity index (χ0n) is 13.3. The van der Waals surface area contributed by atoms with Gasteiger partial charge in [-0.15, -0.1) is 0 Å². The number of carbonyl (C=O) groups excluding carboxylic acids is 1. The van der Waals surface area contributed by atoms with Crippen LogP contribution in [-0.4, -0.2) is 34.9 Å². The van der Waals surface area contributed by atoms with E-state index in [-0.39, 0.29) is 11.9 Å². The largest absolute Gasteiger partial charge is 0.370 e. The monoisotopic (exact) mass is 277 g/mol. The summed E-state index contributed by atoms with van der Waals surface area (Å²) in [7, 11) is 0. The quantitative estimate of drug-likeness (QED) is 0.830. The molecule has 0 unspecified atom stereocenters. The average molecular weight is 277 g/mol. The van der Waals surface area contributed by atoms with Crippen LogP contribution < -0.4 is 5.32 Å². The van der Waals surface area contributed by atoms with Gasteiger partial charge < -0.3 is 10.2 Å². The molecule has 4 heteroatoms. The van der Waals surface area contributed by atoms with Crippen LogP contribution >= 0.6 is 0 Å². The highest BCUT2D eigenvalue weighted by Crippen LogP contribution is 2.12. The SMILES string of the molecule is CCCNc1ccc(C(=O)N(CC(C)C)C(C)C)cn1. The average Bonchev–Trinajstić information content (AvgIpc) is 2.42. The van der Waals surface area contributed by atoms with E-state index < -0.39 is 0 Å². The van der Waals surface area contributed by atoms with E-state index in [1.807, 2.05) is 30.9 Å². The fourth-order valence-corrected chi connectivity index (χ4v) is 1.97. The highest BCUT2D eigenvalue weighted by molar-refractivity contribution is 5.94. The Kier molecular flexibility index (Phi) is 6.49. The van der Waals surface area contributed by atoms with Crippen LogP contribution in [0.1, 0.15) is 51.4 Å². The third kappa shape index (κ3) is 4.83. The molecule has 0 spiro atoms. The van der Waals surface area contributed by atoms with Crippen LogP contribution in [0.2, 0.25) is 0 Å². The zero-order chi connectivity index (χ0) is 15.1. The van der Waals surface area contributed by atoms with E-state index in [0.717, 1.165) is 25.3 Å². The summed E-state index contributed by atoms with van der Waals surface area (Å²) in [6, 6.07) is 3.92. The number of nitrogens with zero attached hydrogens (tertiary/aromatic N) is 2. The molecule has 0 aliphatic carbocycles. The Balaban J connectivity index is 2.78. The number of nitrogens with one attached hydrogen (secondary N) is 1. The molecule has 1 N–H and O–H groups in total. The zero-order valence-corrected chi connectivity index (χ0v) is 13.3. The fraction of sp³-hybridized carbons (Fsp3) is 0.625. The standard InChI is InChI=1S/C16H27N3O/c1-6-9-17-15-8-7-14(10-18-15)16(20)19(13(4)5)11-12(2)3/h7-8,10,12-13H,6,9,11H2,1-5H3,(H,17,18). The van der Waals surface area contributed by atoms with E-state index in [1.165, 1.54) is 0 Å². The highest BCUT2D eigenvalue weighted by Gasteiger charge is 2.19. The van der Waals surface area contributed by atoms with Gasteiger partial charge in [-0.1, -0.05) is 20.8 Å². The Morgan fingerprint density at radius 2 is 2.00 bits per heavy atom. The summed E-state index contributed by atoms with van der Waals surface area (Å²) >= 11 is 0. The number of hydrogen-bond donors (Lipinski definition) is 1. The summed E-state index contributed by atoms with van der Waals surface area (Å²) in [5.41, 5.74) is 0.654. The van der Waals surface area contributed by atoms with Gasteiger partial charge in [0.1, 0.15) is 5.82 Å². The molecule has 1 heterocycles. The van der Waals surface area contributed by atoms with E-state index >= 15 is 0 Å². The number of rotatable bonds is 7. The molecule has 0 aromatic carbocycles. The first-order valence-electron chi connectivity index (χ1n) is 7.46. The lowest BCUT2D eigenvalue weighted by Gasteiger charge is -2.28. The normalized spacial score (nSPS) is 10.9. The van der Waals surface area contributed by atoms with Crippen molar-refractivity contribution in [3.8, 4) is 0 Å². The lowest BCUT2D eigenvalue weighted by molar-refractivity contribution is 0.0681. The highest BCUT2D eigenvalue weighted by atomic mass is 16.2. The molecule has 20 heavy (non-hydrogen) atoms. The second-order valence-corrected chi connectivity index (χ2v) is 5.80. The number of aromatic nitrogens is 1. The molecule has 0 saturated carbocycles. The van der Waals surface area contributed by atoms with Crippen LogP contribution in [0, 0.1) is 5.92 Å². The van der Waals surface area contributed by atoms with Crippen LogP contribution in [0.25, 0.3) is 0 Å². The molecule has 0 aliphatic rings. The Hall–Kier alpha value is -1.58. The van der Waals surface area contributed by atoms with Gasteiger partial charge in [-0.3, -0.25) is 4.79 Å². The molecule has 0 saturated heterocycles. The van der Waals surface area contributed by atoms with Gasteiger partial charge in [-0.05, 0) is 38.3 Å². The number of hydrogen-bond acceptors (Lipinski definition) is 3. The van der Waals surface area contributed by atoms with Crippen molar-refractivity contribution >= 4 is 11.7 Å². The fourth-order valence-electron chi connectivity index (χ4n) is 1.97. The second kappa shape index (κ2) is 7.88. The predicted octanol–water partition coefficient (Wildman–Crippen LogP) is 3.41. The predicted molar refractivity (Wildman–Crippen MR) is 84.0 cm³/mol. The summed E-state index contributed by atoms with van der Waals surface area (Å²) in [5.74, 6) is 1.34. The third-order valence-corrected chi connectivity index (χ3v) is 3.01. The van der Waals surface area contributed by atoms with Crippen molar-refractivity contribution in [2.75, 3.05) is 18.4 Å². The van der Waals surface area contributed by atoms with Crippen molar-refractivity contribution < 1.29 is 4.79 Å². The summed E-state index contributed by atoms with van der Waals surface area (Å²) in [6.45, 7) is 12.1. The second-order valence-electron chi connectivity index (χ2n) is 5.80. The summed E-state index contributed by atoms with van der Waals surface area (Å²) in [6.07, 6.45) is 2.72. The molecule has 0 radical (unpaired) electrons. The Morgan fingerprint density at radius 3 is 2.45 bits per heavy atom. The molecule has 4 nitrogen and oxygen atoms in total. The molecule has 1 aromatic heterocycles. The lowest BCUT2D eigenvalue weighted by atomic mass is 10.1. The molecular weight excluding hydrogens is 250 g/mol. The lowest BCUT2D eigenvalue weighted by Crippen LogP contribution is -2.39. The topological polar surface area (TPSA) is 45.2 Å². The van der Waals surface area contributed by atoms with Crippen molar-refractivity contribution in [1.82, 2.24) is 9.88 Å². The van der Waals surface area contributed by atoms with Crippen LogP contribution in [0.5, 0.6) is 0 Å². The van der Waals surface area contributed by atoms with E-state index in [9.17, 15) is 4.79 Å². The van der Waals surface area contributed by atoms with Crippen molar-refractivity contribution in [3.63, 3.8) is 0 Å².